The van der Waals surface area contributed by atoms with Crippen LogP contribution in [0, 0.1) is 0 Å². The lowest BCUT2D eigenvalue weighted by Gasteiger charge is -2.19. The Morgan fingerprint density at radius 3 is 2.08 bits per heavy atom. The average Bonchev–Trinajstić information content (AvgIpc) is 2.46. The third kappa shape index (κ3) is 5.49. The van der Waals surface area contributed by atoms with Crippen LogP contribution in [0.5, 0.6) is 0 Å². The molecule has 0 saturated carbocycles. The zero-order valence-electron chi connectivity index (χ0n) is 14.2. The fourth-order valence-corrected chi connectivity index (χ4v) is 3.60. The Bertz CT molecular complexity index is 789. The highest BCUT2D eigenvalue weighted by Crippen LogP contribution is 2.23. The summed E-state index contributed by atoms with van der Waals surface area (Å²) in [5.74, 6) is -1.18. The summed E-state index contributed by atoms with van der Waals surface area (Å²) in [6.45, 7) is 6.32. The number of hydrogen-bond acceptors (Lipinski definition) is 3. The van der Waals surface area contributed by atoms with E-state index in [9.17, 15) is 13.2 Å². The summed E-state index contributed by atoms with van der Waals surface area (Å²) in [5, 5.41) is 2.64. The van der Waals surface area contributed by atoms with Gasteiger partial charge < -0.3 is 5.32 Å². The van der Waals surface area contributed by atoms with Gasteiger partial charge in [0.15, 0.2) is 9.84 Å². The van der Waals surface area contributed by atoms with E-state index in [1.165, 1.54) is 0 Å². The number of carbonyl (C=O) groups excluding carboxylic acids is 1. The van der Waals surface area contributed by atoms with Crippen LogP contribution in [0.3, 0.4) is 0 Å². The highest BCUT2D eigenvalue weighted by atomic mass is 32.2. The van der Waals surface area contributed by atoms with Gasteiger partial charge in [0.05, 0.1) is 5.75 Å². The van der Waals surface area contributed by atoms with Crippen molar-refractivity contribution >= 4 is 21.4 Å². The SMILES string of the molecule is CC(C)(C)c1ccc(NC(=O)CS(=O)(=O)Cc2ccccc2)cc1. The predicted octanol–water partition coefficient (Wildman–Crippen LogP) is 3.54. The lowest BCUT2D eigenvalue weighted by atomic mass is 9.87. The topological polar surface area (TPSA) is 63.2 Å². The van der Waals surface area contributed by atoms with E-state index in [4.69, 9.17) is 0 Å². The molecule has 0 aliphatic carbocycles. The lowest BCUT2D eigenvalue weighted by molar-refractivity contribution is -0.113. The molecule has 0 saturated heterocycles. The second-order valence-corrected chi connectivity index (χ2v) is 8.96. The number of nitrogens with one attached hydrogen (secondary N) is 1. The molecule has 0 spiro atoms. The Morgan fingerprint density at radius 2 is 1.54 bits per heavy atom. The van der Waals surface area contributed by atoms with E-state index < -0.39 is 21.5 Å². The highest BCUT2D eigenvalue weighted by molar-refractivity contribution is 7.91. The van der Waals surface area contributed by atoms with Gasteiger partial charge in [0.2, 0.25) is 5.91 Å². The molecule has 0 aromatic heterocycles. The van der Waals surface area contributed by atoms with Crippen molar-refractivity contribution in [2.24, 2.45) is 0 Å². The van der Waals surface area contributed by atoms with Crippen molar-refractivity contribution in [1.82, 2.24) is 0 Å². The fraction of sp³-hybridized carbons (Fsp3) is 0.316. The number of carbonyl (C=O) groups is 1. The Kier molecular flexibility index (Phi) is 5.44. The second kappa shape index (κ2) is 7.18. The van der Waals surface area contributed by atoms with Crippen molar-refractivity contribution in [3.05, 3.63) is 65.7 Å². The summed E-state index contributed by atoms with van der Waals surface area (Å²) in [5.41, 5.74) is 2.46. The van der Waals surface area contributed by atoms with Crippen molar-refractivity contribution in [2.75, 3.05) is 11.1 Å². The van der Waals surface area contributed by atoms with Crippen molar-refractivity contribution in [2.45, 2.75) is 31.9 Å². The van der Waals surface area contributed by atoms with Gasteiger partial charge in [0.1, 0.15) is 5.75 Å². The smallest absolute Gasteiger partial charge is 0.239 e. The molecular formula is C19H23NO3S. The molecule has 2 rings (SSSR count). The maximum absolute atomic E-state index is 12.1. The lowest BCUT2D eigenvalue weighted by Crippen LogP contribution is -2.24. The van der Waals surface area contributed by atoms with Gasteiger partial charge in [-0.25, -0.2) is 8.42 Å². The van der Waals surface area contributed by atoms with Crippen LogP contribution >= 0.6 is 0 Å². The Morgan fingerprint density at radius 1 is 0.958 bits per heavy atom. The summed E-state index contributed by atoms with van der Waals surface area (Å²) in [4.78, 5) is 12.0. The van der Waals surface area contributed by atoms with Crippen LogP contribution in [-0.4, -0.2) is 20.1 Å². The van der Waals surface area contributed by atoms with E-state index in [2.05, 4.69) is 26.1 Å². The van der Waals surface area contributed by atoms with Crippen LogP contribution < -0.4 is 5.32 Å². The number of amides is 1. The zero-order valence-corrected chi connectivity index (χ0v) is 15.1. The molecule has 0 heterocycles. The first-order valence-corrected chi connectivity index (χ1v) is 9.63. The molecule has 0 aliphatic heterocycles. The number of anilines is 1. The van der Waals surface area contributed by atoms with Gasteiger partial charge in [-0.2, -0.15) is 0 Å². The van der Waals surface area contributed by atoms with Gasteiger partial charge in [-0.05, 0) is 28.7 Å². The van der Waals surface area contributed by atoms with Crippen LogP contribution in [0.15, 0.2) is 54.6 Å². The third-order valence-electron chi connectivity index (χ3n) is 3.62. The minimum absolute atomic E-state index is 0.0293. The Balaban J connectivity index is 1.97. The van der Waals surface area contributed by atoms with E-state index >= 15 is 0 Å². The standard InChI is InChI=1S/C19H23NO3S/c1-19(2,3)16-9-11-17(12-10-16)20-18(21)14-24(22,23)13-15-7-5-4-6-8-15/h4-12H,13-14H2,1-3H3,(H,20,21). The molecule has 0 atom stereocenters. The maximum Gasteiger partial charge on any atom is 0.239 e. The van der Waals surface area contributed by atoms with Gasteiger partial charge in [-0.3, -0.25) is 4.79 Å². The molecule has 2 aromatic carbocycles. The van der Waals surface area contributed by atoms with E-state index in [0.29, 0.717) is 11.3 Å². The van der Waals surface area contributed by atoms with Crippen LogP contribution in [0.4, 0.5) is 5.69 Å². The number of sulfone groups is 1. The first-order valence-electron chi connectivity index (χ1n) is 7.80. The summed E-state index contributed by atoms with van der Waals surface area (Å²) < 4.78 is 24.3. The van der Waals surface area contributed by atoms with Gasteiger partial charge in [0, 0.05) is 5.69 Å². The number of rotatable bonds is 5. The van der Waals surface area contributed by atoms with Crippen molar-refractivity contribution in [1.29, 1.82) is 0 Å². The normalized spacial score (nSPS) is 12.0. The number of hydrogen-bond donors (Lipinski definition) is 1. The molecule has 4 nitrogen and oxygen atoms in total. The van der Waals surface area contributed by atoms with Crippen LogP contribution in [0.25, 0.3) is 0 Å². The maximum atomic E-state index is 12.1. The molecule has 0 radical (unpaired) electrons. The molecule has 0 unspecified atom stereocenters. The van der Waals surface area contributed by atoms with E-state index in [-0.39, 0.29) is 11.2 Å². The number of benzene rings is 2. The van der Waals surface area contributed by atoms with Crippen molar-refractivity contribution in [3.8, 4) is 0 Å². The quantitative estimate of drug-likeness (QED) is 0.901. The summed E-state index contributed by atoms with van der Waals surface area (Å²) in [7, 11) is -3.50. The zero-order chi connectivity index (χ0) is 17.8. The van der Waals surface area contributed by atoms with E-state index in [0.717, 1.165) is 5.56 Å². The summed E-state index contributed by atoms with van der Waals surface area (Å²) >= 11 is 0. The molecule has 5 heteroatoms. The van der Waals surface area contributed by atoms with Crippen LogP contribution in [0.1, 0.15) is 31.9 Å². The second-order valence-electron chi connectivity index (χ2n) is 6.89. The largest absolute Gasteiger partial charge is 0.325 e. The summed E-state index contributed by atoms with van der Waals surface area (Å²) in [6, 6.07) is 16.3. The molecule has 2 aromatic rings. The highest BCUT2D eigenvalue weighted by Gasteiger charge is 2.18. The predicted molar refractivity (Wildman–Crippen MR) is 97.7 cm³/mol. The monoisotopic (exact) mass is 345 g/mol. The minimum atomic E-state index is -3.50. The average molecular weight is 345 g/mol. The van der Waals surface area contributed by atoms with E-state index in [1.807, 2.05) is 18.2 Å². The fourth-order valence-electron chi connectivity index (χ4n) is 2.33. The molecule has 0 fully saturated rings. The summed E-state index contributed by atoms with van der Waals surface area (Å²) in [6.07, 6.45) is 0. The van der Waals surface area contributed by atoms with Crippen LogP contribution in [-0.2, 0) is 25.8 Å². The third-order valence-corrected chi connectivity index (χ3v) is 5.09. The molecule has 1 amide bonds. The molecular weight excluding hydrogens is 322 g/mol. The molecule has 24 heavy (non-hydrogen) atoms. The minimum Gasteiger partial charge on any atom is -0.325 e. The first-order chi connectivity index (χ1) is 11.2. The van der Waals surface area contributed by atoms with Gasteiger partial charge in [-0.15, -0.1) is 0 Å². The van der Waals surface area contributed by atoms with Gasteiger partial charge in [0.25, 0.3) is 0 Å². The molecule has 0 bridgehead atoms. The van der Waals surface area contributed by atoms with Crippen LogP contribution in [0.2, 0.25) is 0 Å². The first kappa shape index (κ1) is 18.2. The van der Waals surface area contributed by atoms with Gasteiger partial charge in [-0.1, -0.05) is 63.2 Å². The Hall–Kier alpha value is -2.14. The van der Waals surface area contributed by atoms with Crippen molar-refractivity contribution < 1.29 is 13.2 Å². The van der Waals surface area contributed by atoms with Gasteiger partial charge >= 0.3 is 0 Å². The van der Waals surface area contributed by atoms with E-state index in [1.54, 1.807) is 36.4 Å². The van der Waals surface area contributed by atoms with Crippen molar-refractivity contribution in [3.63, 3.8) is 0 Å². The molecule has 1 N–H and O–H groups in total. The Labute approximate surface area is 143 Å². The molecule has 0 aliphatic rings. The molecule has 128 valence electrons.